The molecule has 0 spiro atoms. The van der Waals surface area contributed by atoms with Crippen LogP contribution in [0.25, 0.3) is 0 Å². The molecule has 0 bridgehead atoms. The first kappa shape index (κ1) is 9.44. The molecule has 2 N–H and O–H groups in total. The summed E-state index contributed by atoms with van der Waals surface area (Å²) < 4.78 is 1.12. The molecular weight excluding hydrogens is 162 g/mol. The van der Waals surface area contributed by atoms with Gasteiger partial charge in [-0.25, -0.2) is 10.0 Å². The third kappa shape index (κ3) is 1.73. The van der Waals surface area contributed by atoms with Crippen molar-refractivity contribution in [1.82, 2.24) is 11.0 Å². The van der Waals surface area contributed by atoms with Crippen molar-refractivity contribution in [2.24, 2.45) is 0 Å². The summed E-state index contributed by atoms with van der Waals surface area (Å²) in [5, 5.41) is 0. The molecule has 3 heteroatoms. The van der Waals surface area contributed by atoms with Crippen LogP contribution in [0.2, 0.25) is 0 Å². The number of hydrogen-bond donors (Lipinski definition) is 2. The van der Waals surface area contributed by atoms with Crippen molar-refractivity contribution in [3.8, 4) is 0 Å². The Morgan fingerprint density at radius 3 is 2.54 bits per heavy atom. The summed E-state index contributed by atoms with van der Waals surface area (Å²) in [6.07, 6.45) is 7.16. The number of quaternary nitrogens is 1. The van der Waals surface area contributed by atoms with Crippen molar-refractivity contribution in [3.05, 3.63) is 0 Å². The fourth-order valence-electron chi connectivity index (χ4n) is 2.87. The van der Waals surface area contributed by atoms with E-state index < -0.39 is 0 Å². The van der Waals surface area contributed by atoms with Gasteiger partial charge in [-0.15, -0.1) is 0 Å². The van der Waals surface area contributed by atoms with Crippen LogP contribution in [0.5, 0.6) is 0 Å². The Bertz CT molecular complexity index is 158. The number of hydrogen-bond acceptors (Lipinski definition) is 2. The van der Waals surface area contributed by atoms with Gasteiger partial charge >= 0.3 is 0 Å². The number of nitrogens with zero attached hydrogens (tertiary/aromatic N) is 1. The molecule has 1 aliphatic heterocycles. The summed E-state index contributed by atoms with van der Waals surface area (Å²) in [6.45, 7) is 5.91. The summed E-state index contributed by atoms with van der Waals surface area (Å²) in [5.74, 6) is 0. The second kappa shape index (κ2) is 3.95. The van der Waals surface area contributed by atoms with Gasteiger partial charge in [-0.1, -0.05) is 12.0 Å². The lowest BCUT2D eigenvalue weighted by molar-refractivity contribution is -0.981. The molecule has 1 aliphatic carbocycles. The molecule has 3 nitrogen and oxygen atoms in total. The topological polar surface area (TPSA) is 24.1 Å². The number of rotatable bonds is 2. The Balaban J connectivity index is 2.01. The molecule has 0 radical (unpaired) electrons. The molecule has 1 atom stereocenters. The molecule has 76 valence electrons. The van der Waals surface area contributed by atoms with Crippen LogP contribution in [-0.4, -0.2) is 30.3 Å². The Morgan fingerprint density at radius 2 is 2.00 bits per heavy atom. The van der Waals surface area contributed by atoms with Gasteiger partial charge in [0.05, 0.1) is 13.1 Å². The minimum absolute atomic E-state index is 0.869. The average Bonchev–Trinajstić information content (AvgIpc) is 2.69. The maximum absolute atomic E-state index is 3.48. The fraction of sp³-hybridized carbons (Fsp3) is 1.00. The molecule has 0 aromatic heterocycles. The normalized spacial score (nSPS) is 36.7. The van der Waals surface area contributed by atoms with E-state index in [0.717, 1.165) is 17.2 Å². The van der Waals surface area contributed by atoms with Crippen LogP contribution in [0.3, 0.4) is 0 Å². The van der Waals surface area contributed by atoms with E-state index in [0.29, 0.717) is 0 Å². The monoisotopic (exact) mass is 184 g/mol. The SMILES string of the molecule is CC[N+]1(C2CCCCC2)CCNN1. The van der Waals surface area contributed by atoms with E-state index in [4.69, 9.17) is 0 Å². The number of hydrazine groups is 1. The van der Waals surface area contributed by atoms with Gasteiger partial charge in [-0.05, 0) is 19.8 Å². The van der Waals surface area contributed by atoms with E-state index in [2.05, 4.69) is 17.9 Å². The molecule has 1 unspecified atom stereocenters. The first-order valence-electron chi connectivity index (χ1n) is 5.74. The van der Waals surface area contributed by atoms with E-state index in [9.17, 15) is 0 Å². The maximum atomic E-state index is 3.48. The number of nitrogens with one attached hydrogen (secondary N) is 2. The summed E-state index contributed by atoms with van der Waals surface area (Å²) in [7, 11) is 0. The van der Waals surface area contributed by atoms with Gasteiger partial charge in [-0.2, -0.15) is 0 Å². The van der Waals surface area contributed by atoms with Gasteiger partial charge in [-0.3, -0.25) is 0 Å². The van der Waals surface area contributed by atoms with Crippen molar-refractivity contribution in [1.29, 1.82) is 0 Å². The third-order valence-corrected chi connectivity index (χ3v) is 3.78. The molecule has 13 heavy (non-hydrogen) atoms. The molecule has 0 aromatic rings. The first-order chi connectivity index (χ1) is 6.37. The van der Waals surface area contributed by atoms with Crippen molar-refractivity contribution in [3.63, 3.8) is 0 Å². The lowest BCUT2D eigenvalue weighted by atomic mass is 9.93. The van der Waals surface area contributed by atoms with Crippen LogP contribution in [0.4, 0.5) is 0 Å². The Kier molecular flexibility index (Phi) is 2.86. The zero-order valence-electron chi connectivity index (χ0n) is 8.68. The third-order valence-electron chi connectivity index (χ3n) is 3.78. The maximum Gasteiger partial charge on any atom is 0.112 e. The Hall–Kier alpha value is -0.120. The van der Waals surface area contributed by atoms with Gasteiger partial charge in [0.1, 0.15) is 12.6 Å². The van der Waals surface area contributed by atoms with Crippen molar-refractivity contribution in [2.75, 3.05) is 19.6 Å². The van der Waals surface area contributed by atoms with Crippen molar-refractivity contribution in [2.45, 2.75) is 45.1 Å². The predicted octanol–water partition coefficient (Wildman–Crippen LogP) is 1.18. The lowest BCUT2D eigenvalue weighted by Crippen LogP contribution is -2.62. The molecule has 2 rings (SSSR count). The molecule has 0 amide bonds. The second-order valence-electron chi connectivity index (χ2n) is 4.40. The average molecular weight is 184 g/mol. The number of likely N-dealkylation sites (N-methyl/N-ethyl adjacent to an activating group) is 1. The van der Waals surface area contributed by atoms with Gasteiger partial charge in [0, 0.05) is 12.8 Å². The highest BCUT2D eigenvalue weighted by Gasteiger charge is 2.39. The highest BCUT2D eigenvalue weighted by Crippen LogP contribution is 2.27. The second-order valence-corrected chi connectivity index (χ2v) is 4.40. The molecule has 2 aliphatic rings. The van der Waals surface area contributed by atoms with Crippen LogP contribution in [0.1, 0.15) is 39.0 Å². The molecule has 1 saturated carbocycles. The minimum atomic E-state index is 0.869. The van der Waals surface area contributed by atoms with E-state index in [1.165, 1.54) is 45.2 Å². The van der Waals surface area contributed by atoms with Gasteiger partial charge < -0.3 is 0 Å². The summed E-state index contributed by atoms with van der Waals surface area (Å²) in [5.41, 5.74) is 6.76. The van der Waals surface area contributed by atoms with Crippen molar-refractivity contribution >= 4 is 0 Å². The van der Waals surface area contributed by atoms with Crippen LogP contribution in [0, 0.1) is 0 Å². The predicted molar refractivity (Wildman–Crippen MR) is 53.7 cm³/mol. The van der Waals surface area contributed by atoms with Crippen molar-refractivity contribution < 1.29 is 4.59 Å². The van der Waals surface area contributed by atoms with E-state index in [-0.39, 0.29) is 0 Å². The Morgan fingerprint density at radius 1 is 1.23 bits per heavy atom. The zero-order chi connectivity index (χ0) is 9.15. The summed E-state index contributed by atoms with van der Waals surface area (Å²) in [4.78, 5) is 0. The Labute approximate surface area is 81.0 Å². The first-order valence-corrected chi connectivity index (χ1v) is 5.74. The molecular formula is C10H22N3+. The standard InChI is InChI=1S/C10H22N3/c1-2-13(9-8-11-12-13)10-6-4-3-5-7-10/h10-12H,2-9H2,1H3/q+1. The molecule has 1 saturated heterocycles. The van der Waals surface area contributed by atoms with Crippen LogP contribution in [0.15, 0.2) is 0 Å². The van der Waals surface area contributed by atoms with Gasteiger partial charge in [0.25, 0.3) is 0 Å². The molecule has 2 fully saturated rings. The molecule has 0 aromatic carbocycles. The van der Waals surface area contributed by atoms with Gasteiger partial charge in [0.15, 0.2) is 0 Å². The van der Waals surface area contributed by atoms with Crippen LogP contribution >= 0.6 is 0 Å². The summed E-state index contributed by atoms with van der Waals surface area (Å²) >= 11 is 0. The minimum Gasteiger partial charge on any atom is -0.228 e. The van der Waals surface area contributed by atoms with E-state index in [1.54, 1.807) is 0 Å². The lowest BCUT2D eigenvalue weighted by Gasteiger charge is -2.40. The quantitative estimate of drug-likeness (QED) is 0.630. The largest absolute Gasteiger partial charge is 0.228 e. The smallest absolute Gasteiger partial charge is 0.112 e. The van der Waals surface area contributed by atoms with Crippen LogP contribution < -0.4 is 11.0 Å². The van der Waals surface area contributed by atoms with E-state index in [1.807, 2.05) is 0 Å². The van der Waals surface area contributed by atoms with Gasteiger partial charge in [0.2, 0.25) is 0 Å². The summed E-state index contributed by atoms with van der Waals surface area (Å²) in [6, 6.07) is 0.869. The zero-order valence-corrected chi connectivity index (χ0v) is 8.68. The van der Waals surface area contributed by atoms with E-state index >= 15 is 0 Å². The van der Waals surface area contributed by atoms with Crippen LogP contribution in [-0.2, 0) is 0 Å². The molecule has 1 heterocycles. The fourth-order valence-corrected chi connectivity index (χ4v) is 2.87. The highest BCUT2D eigenvalue weighted by molar-refractivity contribution is 4.67. The highest BCUT2D eigenvalue weighted by atomic mass is 15.8.